The van der Waals surface area contributed by atoms with Gasteiger partial charge in [0.05, 0.1) is 0 Å². The Kier molecular flexibility index (Phi) is 2.10. The Bertz CT molecular complexity index is 838. The van der Waals surface area contributed by atoms with Crippen LogP contribution < -0.4 is 0 Å². The van der Waals surface area contributed by atoms with Crippen LogP contribution in [-0.2, 0) is 5.41 Å². The highest BCUT2D eigenvalue weighted by atomic mass is 16.3. The summed E-state index contributed by atoms with van der Waals surface area (Å²) in [5.74, 6) is 0.336. The van der Waals surface area contributed by atoms with E-state index >= 15 is 0 Å². The number of rotatable bonds is 0. The number of phenolic OH excluding ortho intramolecular Hbond substituents is 1. The average Bonchev–Trinajstić information content (AvgIpc) is 2.45. The van der Waals surface area contributed by atoms with Gasteiger partial charge in [-0.3, -0.25) is 0 Å². The van der Waals surface area contributed by atoms with Gasteiger partial charge >= 0.3 is 0 Å². The van der Waals surface area contributed by atoms with Gasteiger partial charge in [0.2, 0.25) is 0 Å². The molecule has 4 rings (SSSR count). The molecule has 20 heavy (non-hydrogen) atoms. The van der Waals surface area contributed by atoms with Gasteiger partial charge in [0.25, 0.3) is 0 Å². The molecule has 0 radical (unpaired) electrons. The van der Waals surface area contributed by atoms with Crippen molar-refractivity contribution in [3.05, 3.63) is 65.7 Å². The molecule has 3 aromatic rings. The molecular formula is C19H16O. The zero-order chi connectivity index (χ0) is 13.9. The van der Waals surface area contributed by atoms with Crippen LogP contribution in [0.15, 0.2) is 54.6 Å². The van der Waals surface area contributed by atoms with Crippen molar-refractivity contribution in [3.8, 4) is 16.9 Å². The van der Waals surface area contributed by atoms with E-state index in [1.807, 2.05) is 12.1 Å². The molecule has 0 fully saturated rings. The zero-order valence-corrected chi connectivity index (χ0v) is 11.6. The van der Waals surface area contributed by atoms with Crippen molar-refractivity contribution in [3.63, 3.8) is 0 Å². The Labute approximate surface area is 118 Å². The van der Waals surface area contributed by atoms with Crippen molar-refractivity contribution < 1.29 is 5.11 Å². The van der Waals surface area contributed by atoms with Crippen LogP contribution >= 0.6 is 0 Å². The fourth-order valence-electron chi connectivity index (χ4n) is 3.52. The van der Waals surface area contributed by atoms with E-state index in [2.05, 4.69) is 50.2 Å². The van der Waals surface area contributed by atoms with Gasteiger partial charge in [0, 0.05) is 5.41 Å². The van der Waals surface area contributed by atoms with Gasteiger partial charge in [-0.15, -0.1) is 0 Å². The van der Waals surface area contributed by atoms with Gasteiger partial charge in [-0.2, -0.15) is 0 Å². The molecule has 0 aliphatic heterocycles. The summed E-state index contributed by atoms with van der Waals surface area (Å²) in [5.41, 5.74) is 4.94. The molecule has 1 nitrogen and oxygen atoms in total. The fraction of sp³-hybridized carbons (Fsp3) is 0.158. The van der Waals surface area contributed by atoms with Crippen molar-refractivity contribution in [2.45, 2.75) is 19.3 Å². The third-order valence-electron chi connectivity index (χ3n) is 4.54. The van der Waals surface area contributed by atoms with E-state index in [-0.39, 0.29) is 5.41 Å². The maximum atomic E-state index is 9.86. The summed E-state index contributed by atoms with van der Waals surface area (Å²) in [6.45, 7) is 4.46. The van der Waals surface area contributed by atoms with Crippen LogP contribution in [0.1, 0.15) is 25.0 Å². The van der Waals surface area contributed by atoms with E-state index in [4.69, 9.17) is 0 Å². The molecule has 1 aliphatic carbocycles. The minimum atomic E-state index is -0.0953. The van der Waals surface area contributed by atoms with Gasteiger partial charge in [-0.1, -0.05) is 56.3 Å². The number of hydrogen-bond acceptors (Lipinski definition) is 1. The lowest BCUT2D eigenvalue weighted by Gasteiger charge is -2.35. The van der Waals surface area contributed by atoms with Crippen LogP contribution in [0, 0.1) is 0 Å². The monoisotopic (exact) mass is 260 g/mol. The van der Waals surface area contributed by atoms with E-state index in [1.54, 1.807) is 6.07 Å². The predicted octanol–water partition coefficient (Wildman–Crippen LogP) is 4.85. The normalized spacial score (nSPS) is 15.1. The Morgan fingerprint density at radius 1 is 0.800 bits per heavy atom. The highest BCUT2D eigenvalue weighted by Gasteiger charge is 2.33. The van der Waals surface area contributed by atoms with Crippen LogP contribution in [-0.4, -0.2) is 5.11 Å². The number of benzene rings is 3. The van der Waals surface area contributed by atoms with Crippen molar-refractivity contribution in [2.75, 3.05) is 0 Å². The molecule has 0 saturated carbocycles. The van der Waals surface area contributed by atoms with Gasteiger partial charge in [-0.05, 0) is 45.2 Å². The van der Waals surface area contributed by atoms with Gasteiger partial charge in [-0.25, -0.2) is 0 Å². The van der Waals surface area contributed by atoms with Crippen LogP contribution in [0.25, 0.3) is 21.9 Å². The Balaban J connectivity index is 2.25. The van der Waals surface area contributed by atoms with Crippen LogP contribution in [0.3, 0.4) is 0 Å². The summed E-state index contributed by atoms with van der Waals surface area (Å²) < 4.78 is 0. The molecule has 0 amide bonds. The molecule has 1 aliphatic rings. The second-order valence-corrected chi connectivity index (χ2v) is 6.06. The molecule has 0 spiro atoms. The Hall–Kier alpha value is -2.28. The van der Waals surface area contributed by atoms with Crippen LogP contribution in [0.2, 0.25) is 0 Å². The highest BCUT2D eigenvalue weighted by molar-refractivity contribution is 6.03. The van der Waals surface area contributed by atoms with Gasteiger partial charge in [0.1, 0.15) is 5.75 Å². The molecule has 3 aromatic carbocycles. The van der Waals surface area contributed by atoms with E-state index < -0.39 is 0 Å². The Morgan fingerprint density at radius 2 is 1.55 bits per heavy atom. The SMILES string of the molecule is CC1(C)c2cc(O)ccc2-c2cccc3cccc1c23. The van der Waals surface area contributed by atoms with E-state index in [0.29, 0.717) is 5.75 Å². The van der Waals surface area contributed by atoms with Crippen molar-refractivity contribution in [1.82, 2.24) is 0 Å². The van der Waals surface area contributed by atoms with E-state index in [9.17, 15) is 5.11 Å². The second kappa shape index (κ2) is 3.63. The molecule has 1 heteroatoms. The minimum Gasteiger partial charge on any atom is -0.508 e. The van der Waals surface area contributed by atoms with Gasteiger partial charge < -0.3 is 5.11 Å². The predicted molar refractivity (Wildman–Crippen MR) is 83.2 cm³/mol. The molecule has 0 aromatic heterocycles. The summed E-state index contributed by atoms with van der Waals surface area (Å²) in [4.78, 5) is 0. The number of phenols is 1. The molecule has 0 saturated heterocycles. The largest absolute Gasteiger partial charge is 0.508 e. The standard InChI is InChI=1S/C19H16O/c1-19(2)16-8-4-6-12-5-3-7-15(18(12)16)14-10-9-13(20)11-17(14)19/h3-11,20H,1-2H3. The lowest BCUT2D eigenvalue weighted by Crippen LogP contribution is -2.23. The van der Waals surface area contributed by atoms with Crippen LogP contribution in [0.4, 0.5) is 0 Å². The first-order valence-corrected chi connectivity index (χ1v) is 6.95. The smallest absolute Gasteiger partial charge is 0.115 e. The summed E-state index contributed by atoms with van der Waals surface area (Å²) in [7, 11) is 0. The lowest BCUT2D eigenvalue weighted by molar-refractivity contribution is 0.472. The molecule has 98 valence electrons. The molecule has 1 N–H and O–H groups in total. The summed E-state index contributed by atoms with van der Waals surface area (Å²) in [6, 6.07) is 18.7. The van der Waals surface area contributed by atoms with Crippen molar-refractivity contribution >= 4 is 10.8 Å². The number of hydrogen-bond donors (Lipinski definition) is 1. The molecule has 0 heterocycles. The fourth-order valence-corrected chi connectivity index (χ4v) is 3.52. The lowest BCUT2D eigenvalue weighted by atomic mass is 9.68. The topological polar surface area (TPSA) is 20.2 Å². The number of aromatic hydroxyl groups is 1. The third kappa shape index (κ3) is 1.32. The molecule has 0 atom stereocenters. The first-order chi connectivity index (χ1) is 9.59. The third-order valence-corrected chi connectivity index (χ3v) is 4.54. The Morgan fingerprint density at radius 3 is 2.35 bits per heavy atom. The average molecular weight is 260 g/mol. The number of fused-ring (bicyclic) bond motifs is 2. The maximum absolute atomic E-state index is 9.86. The van der Waals surface area contributed by atoms with Crippen LogP contribution in [0.5, 0.6) is 5.75 Å². The second-order valence-electron chi connectivity index (χ2n) is 6.06. The maximum Gasteiger partial charge on any atom is 0.115 e. The molecule has 0 bridgehead atoms. The summed E-state index contributed by atoms with van der Waals surface area (Å²) >= 11 is 0. The van der Waals surface area contributed by atoms with E-state index in [1.165, 1.54) is 33.0 Å². The molecular weight excluding hydrogens is 244 g/mol. The van der Waals surface area contributed by atoms with Crippen molar-refractivity contribution in [1.29, 1.82) is 0 Å². The van der Waals surface area contributed by atoms with Crippen molar-refractivity contribution in [2.24, 2.45) is 0 Å². The summed E-state index contributed by atoms with van der Waals surface area (Å²) in [5, 5.41) is 12.5. The zero-order valence-electron chi connectivity index (χ0n) is 11.6. The first kappa shape index (κ1) is 11.5. The minimum absolute atomic E-state index is 0.0953. The van der Waals surface area contributed by atoms with Gasteiger partial charge in [0.15, 0.2) is 0 Å². The highest BCUT2D eigenvalue weighted by Crippen LogP contribution is 2.48. The quantitative estimate of drug-likeness (QED) is 0.612. The first-order valence-electron chi connectivity index (χ1n) is 6.95. The van der Waals surface area contributed by atoms with E-state index in [0.717, 1.165) is 0 Å². The summed E-state index contributed by atoms with van der Waals surface area (Å²) in [6.07, 6.45) is 0. The molecule has 0 unspecified atom stereocenters.